The molecule has 0 spiro atoms. The highest BCUT2D eigenvalue weighted by Gasteiger charge is 2.22. The first-order valence-corrected chi connectivity index (χ1v) is 9.02. The van der Waals surface area contributed by atoms with Crippen molar-refractivity contribution in [2.24, 2.45) is 0 Å². The molecule has 3 rings (SSSR count). The van der Waals surface area contributed by atoms with E-state index in [1.807, 2.05) is 0 Å². The molecule has 2 N–H and O–H groups in total. The number of carbonyl (C=O) groups excluding carboxylic acids is 3. The van der Waals surface area contributed by atoms with Crippen LogP contribution in [0.5, 0.6) is 0 Å². The molecule has 3 aromatic rings. The molecular formula is C21H19FN2O5. The third kappa shape index (κ3) is 4.98. The molecule has 0 saturated carbocycles. The van der Waals surface area contributed by atoms with Gasteiger partial charge in [0.15, 0.2) is 0 Å². The van der Waals surface area contributed by atoms with Crippen LogP contribution in [0.1, 0.15) is 30.3 Å². The van der Waals surface area contributed by atoms with Crippen LogP contribution in [0.2, 0.25) is 0 Å². The number of ether oxygens (including phenoxy) is 1. The summed E-state index contributed by atoms with van der Waals surface area (Å²) in [5.74, 6) is -2.07. The molecule has 150 valence electrons. The van der Waals surface area contributed by atoms with Gasteiger partial charge in [-0.1, -0.05) is 12.1 Å². The minimum absolute atomic E-state index is 0.0768. The van der Waals surface area contributed by atoms with Crippen LogP contribution >= 0.6 is 0 Å². The Kier molecular flexibility index (Phi) is 6.23. The van der Waals surface area contributed by atoms with E-state index in [1.54, 1.807) is 31.2 Å². The van der Waals surface area contributed by atoms with Crippen LogP contribution in [0.15, 0.2) is 52.9 Å². The minimum Gasteiger partial charge on any atom is -0.466 e. The molecule has 0 fully saturated rings. The first kappa shape index (κ1) is 20.1. The number of rotatable bonds is 7. The fourth-order valence-electron chi connectivity index (χ4n) is 2.70. The Labute approximate surface area is 165 Å². The van der Waals surface area contributed by atoms with E-state index in [9.17, 15) is 18.8 Å². The van der Waals surface area contributed by atoms with Gasteiger partial charge >= 0.3 is 5.97 Å². The minimum atomic E-state index is -0.603. The number of fused-ring (bicyclic) bond motifs is 1. The molecule has 1 heterocycles. The Morgan fingerprint density at radius 1 is 1.00 bits per heavy atom. The number of amides is 2. The number of hydrogen-bond donors (Lipinski definition) is 2. The Morgan fingerprint density at radius 3 is 2.45 bits per heavy atom. The number of nitrogens with one attached hydrogen (secondary N) is 2. The monoisotopic (exact) mass is 398 g/mol. The summed E-state index contributed by atoms with van der Waals surface area (Å²) in [5.41, 5.74) is 0.989. The fraction of sp³-hybridized carbons (Fsp3) is 0.190. The molecule has 0 atom stereocenters. The number of para-hydroxylation sites is 1. The molecule has 0 radical (unpaired) electrons. The lowest BCUT2D eigenvalue weighted by molar-refractivity contribution is -0.144. The van der Waals surface area contributed by atoms with Crippen LogP contribution in [0.25, 0.3) is 11.0 Å². The molecular weight excluding hydrogens is 379 g/mol. The third-order valence-electron chi connectivity index (χ3n) is 4.03. The second-order valence-corrected chi connectivity index (χ2v) is 6.12. The van der Waals surface area contributed by atoms with Gasteiger partial charge in [-0.2, -0.15) is 0 Å². The van der Waals surface area contributed by atoms with Crippen molar-refractivity contribution in [1.29, 1.82) is 0 Å². The summed E-state index contributed by atoms with van der Waals surface area (Å²) >= 11 is 0. The smallest absolute Gasteiger partial charge is 0.306 e. The van der Waals surface area contributed by atoms with Crippen LogP contribution < -0.4 is 10.6 Å². The second-order valence-electron chi connectivity index (χ2n) is 6.12. The maximum atomic E-state index is 13.1. The molecule has 29 heavy (non-hydrogen) atoms. The zero-order valence-electron chi connectivity index (χ0n) is 15.7. The number of benzene rings is 2. The van der Waals surface area contributed by atoms with E-state index in [1.165, 1.54) is 24.3 Å². The van der Waals surface area contributed by atoms with Gasteiger partial charge in [-0.3, -0.25) is 14.4 Å². The molecule has 1 aromatic heterocycles. The topological polar surface area (TPSA) is 97.6 Å². The van der Waals surface area contributed by atoms with E-state index in [-0.39, 0.29) is 30.9 Å². The van der Waals surface area contributed by atoms with Gasteiger partial charge in [-0.25, -0.2) is 4.39 Å². The van der Waals surface area contributed by atoms with E-state index in [2.05, 4.69) is 10.6 Å². The van der Waals surface area contributed by atoms with Gasteiger partial charge in [0.05, 0.1) is 13.0 Å². The Bertz CT molecular complexity index is 1040. The lowest BCUT2D eigenvalue weighted by Crippen LogP contribution is -2.18. The van der Waals surface area contributed by atoms with Crippen LogP contribution in [0, 0.1) is 5.82 Å². The normalized spacial score (nSPS) is 10.6. The predicted molar refractivity (Wildman–Crippen MR) is 105 cm³/mol. The third-order valence-corrected chi connectivity index (χ3v) is 4.03. The Morgan fingerprint density at radius 2 is 1.72 bits per heavy atom. The van der Waals surface area contributed by atoms with E-state index >= 15 is 0 Å². The molecule has 0 aliphatic carbocycles. The highest BCUT2D eigenvalue weighted by Crippen LogP contribution is 2.31. The zero-order chi connectivity index (χ0) is 20.8. The van der Waals surface area contributed by atoms with Gasteiger partial charge < -0.3 is 19.8 Å². The van der Waals surface area contributed by atoms with Crippen molar-refractivity contribution in [3.8, 4) is 0 Å². The van der Waals surface area contributed by atoms with Gasteiger partial charge in [-0.15, -0.1) is 0 Å². The largest absolute Gasteiger partial charge is 0.466 e. The van der Waals surface area contributed by atoms with Gasteiger partial charge in [0.2, 0.25) is 11.7 Å². The van der Waals surface area contributed by atoms with Gasteiger partial charge in [-0.05, 0) is 43.3 Å². The van der Waals surface area contributed by atoms with Gasteiger partial charge in [0.25, 0.3) is 5.91 Å². The molecule has 0 unspecified atom stereocenters. The van der Waals surface area contributed by atoms with Crippen LogP contribution in [0.3, 0.4) is 0 Å². The number of carbonyl (C=O) groups is 3. The summed E-state index contributed by atoms with van der Waals surface area (Å²) in [6, 6.07) is 12.1. The van der Waals surface area contributed by atoms with Crippen molar-refractivity contribution < 1.29 is 27.9 Å². The average Bonchev–Trinajstić information content (AvgIpc) is 3.07. The molecule has 0 aliphatic heterocycles. The van der Waals surface area contributed by atoms with E-state index in [4.69, 9.17) is 9.15 Å². The molecule has 8 heteroatoms. The van der Waals surface area contributed by atoms with Crippen molar-refractivity contribution in [2.45, 2.75) is 19.8 Å². The maximum absolute atomic E-state index is 13.1. The summed E-state index contributed by atoms with van der Waals surface area (Å²) < 4.78 is 23.5. The quantitative estimate of drug-likeness (QED) is 0.584. The number of furan rings is 1. The van der Waals surface area contributed by atoms with E-state index in [0.717, 1.165) is 0 Å². The molecule has 0 bridgehead atoms. The predicted octanol–water partition coefficient (Wildman–Crippen LogP) is 4.11. The molecule has 2 amide bonds. The number of anilines is 2. The lowest BCUT2D eigenvalue weighted by atomic mass is 10.2. The summed E-state index contributed by atoms with van der Waals surface area (Å²) in [6.45, 7) is 1.92. The number of hydrogen-bond acceptors (Lipinski definition) is 5. The summed E-state index contributed by atoms with van der Waals surface area (Å²) in [6.07, 6.45) is -0.177. The maximum Gasteiger partial charge on any atom is 0.306 e. The number of esters is 1. The summed E-state index contributed by atoms with van der Waals surface area (Å²) in [7, 11) is 0. The summed E-state index contributed by atoms with van der Waals surface area (Å²) in [5, 5.41) is 5.79. The molecule has 0 aliphatic rings. The molecule has 0 saturated heterocycles. The van der Waals surface area contributed by atoms with Gasteiger partial charge in [0, 0.05) is 17.5 Å². The number of halogens is 1. The highest BCUT2D eigenvalue weighted by atomic mass is 19.1. The van der Waals surface area contributed by atoms with Crippen molar-refractivity contribution in [3.63, 3.8) is 0 Å². The Hall–Kier alpha value is -3.68. The van der Waals surface area contributed by atoms with Crippen molar-refractivity contribution in [2.75, 3.05) is 17.2 Å². The fourth-order valence-corrected chi connectivity index (χ4v) is 2.70. The zero-order valence-corrected chi connectivity index (χ0v) is 15.7. The molecule has 2 aromatic carbocycles. The first-order valence-electron chi connectivity index (χ1n) is 9.02. The molecule has 7 nitrogen and oxygen atoms in total. The van der Waals surface area contributed by atoms with Crippen LogP contribution in [0.4, 0.5) is 15.8 Å². The second kappa shape index (κ2) is 9.01. The SMILES string of the molecule is CCOC(=O)CCC(=O)Nc1c(C(=O)Nc2ccc(F)cc2)oc2ccccc12. The van der Waals surface area contributed by atoms with E-state index < -0.39 is 23.6 Å². The van der Waals surface area contributed by atoms with Crippen molar-refractivity contribution in [1.82, 2.24) is 0 Å². The van der Waals surface area contributed by atoms with E-state index in [0.29, 0.717) is 16.7 Å². The van der Waals surface area contributed by atoms with Gasteiger partial charge in [0.1, 0.15) is 17.1 Å². The first-order chi connectivity index (χ1) is 14.0. The van der Waals surface area contributed by atoms with Crippen LogP contribution in [-0.2, 0) is 14.3 Å². The average molecular weight is 398 g/mol. The van der Waals surface area contributed by atoms with Crippen molar-refractivity contribution in [3.05, 3.63) is 60.1 Å². The highest BCUT2D eigenvalue weighted by molar-refractivity contribution is 6.14. The summed E-state index contributed by atoms with van der Waals surface area (Å²) in [4.78, 5) is 36.5. The van der Waals surface area contributed by atoms with Crippen LogP contribution in [-0.4, -0.2) is 24.4 Å². The lowest BCUT2D eigenvalue weighted by Gasteiger charge is -2.07. The van der Waals surface area contributed by atoms with Crippen molar-refractivity contribution >= 4 is 40.1 Å². The standard InChI is InChI=1S/C21H19FN2O5/c1-2-28-18(26)12-11-17(25)24-19-15-5-3-4-6-16(15)29-20(19)21(27)23-14-9-7-13(22)8-10-14/h3-10H,2,11-12H2,1H3,(H,23,27)(H,24,25). The Balaban J connectivity index is 1.82.